The predicted octanol–water partition coefficient (Wildman–Crippen LogP) is 2.98. The first-order valence-electron chi connectivity index (χ1n) is 7.33. The Bertz CT molecular complexity index is 666. The molecule has 1 saturated carbocycles. The third-order valence-corrected chi connectivity index (χ3v) is 4.75. The highest BCUT2D eigenvalue weighted by molar-refractivity contribution is 7.13. The number of carbonyl (C=O) groups is 1. The molecule has 1 aliphatic carbocycles. The molecule has 6 heteroatoms. The van der Waals surface area contributed by atoms with Crippen LogP contribution in [-0.2, 0) is 0 Å². The Balaban J connectivity index is 1.68. The molecule has 1 aromatic heterocycles. The molecule has 22 heavy (non-hydrogen) atoms. The van der Waals surface area contributed by atoms with E-state index in [1.165, 1.54) is 17.4 Å². The molecule has 0 radical (unpaired) electrons. The number of halogens is 1. The van der Waals surface area contributed by atoms with Crippen molar-refractivity contribution < 1.29 is 14.3 Å². The van der Waals surface area contributed by atoms with Crippen molar-refractivity contribution in [3.63, 3.8) is 0 Å². The maximum Gasteiger partial charge on any atom is 0.270 e. The first kappa shape index (κ1) is 15.1. The largest absolute Gasteiger partial charge is 0.393 e. The highest BCUT2D eigenvalue weighted by Gasteiger charge is 2.22. The van der Waals surface area contributed by atoms with Gasteiger partial charge in [-0.25, -0.2) is 9.37 Å². The van der Waals surface area contributed by atoms with Crippen LogP contribution in [0.2, 0.25) is 0 Å². The Morgan fingerprint density at radius 3 is 2.73 bits per heavy atom. The molecule has 0 atom stereocenters. The summed E-state index contributed by atoms with van der Waals surface area (Å²) < 4.78 is 13.7. The van der Waals surface area contributed by atoms with Gasteiger partial charge in [0, 0.05) is 17.0 Å². The van der Waals surface area contributed by atoms with Crippen LogP contribution in [0.25, 0.3) is 10.6 Å². The number of aliphatic hydroxyl groups excluding tert-OH is 1. The summed E-state index contributed by atoms with van der Waals surface area (Å²) in [6, 6.07) is 6.47. The van der Waals surface area contributed by atoms with Crippen molar-refractivity contribution in [3.05, 3.63) is 41.2 Å². The molecule has 1 aromatic carbocycles. The van der Waals surface area contributed by atoms with Crippen LogP contribution in [0.4, 0.5) is 4.39 Å². The molecule has 0 bridgehead atoms. The molecule has 4 nitrogen and oxygen atoms in total. The van der Waals surface area contributed by atoms with Gasteiger partial charge in [0.15, 0.2) is 0 Å². The molecule has 0 aliphatic heterocycles. The number of hydrogen-bond donors (Lipinski definition) is 2. The van der Waals surface area contributed by atoms with Crippen LogP contribution >= 0.6 is 11.3 Å². The average molecular weight is 320 g/mol. The number of aliphatic hydroxyl groups is 1. The quantitative estimate of drug-likeness (QED) is 0.914. The van der Waals surface area contributed by atoms with Crippen molar-refractivity contribution in [2.75, 3.05) is 0 Å². The van der Waals surface area contributed by atoms with E-state index in [0.29, 0.717) is 29.1 Å². The summed E-state index contributed by atoms with van der Waals surface area (Å²) in [5.41, 5.74) is 0.724. The zero-order valence-corrected chi connectivity index (χ0v) is 12.8. The van der Waals surface area contributed by atoms with Crippen LogP contribution in [0.15, 0.2) is 29.6 Å². The third-order valence-electron chi connectivity index (χ3n) is 3.87. The van der Waals surface area contributed by atoms with Gasteiger partial charge >= 0.3 is 0 Å². The second kappa shape index (κ2) is 6.54. The monoisotopic (exact) mass is 320 g/mol. The summed E-state index contributed by atoms with van der Waals surface area (Å²) in [6.45, 7) is 0. The molecule has 0 saturated heterocycles. The van der Waals surface area contributed by atoms with E-state index in [2.05, 4.69) is 10.3 Å². The van der Waals surface area contributed by atoms with E-state index < -0.39 is 0 Å². The van der Waals surface area contributed by atoms with Gasteiger partial charge in [-0.2, -0.15) is 0 Å². The second-order valence-corrected chi connectivity index (χ2v) is 6.35. The Kier molecular flexibility index (Phi) is 4.49. The lowest BCUT2D eigenvalue weighted by Crippen LogP contribution is -2.38. The summed E-state index contributed by atoms with van der Waals surface area (Å²) in [4.78, 5) is 16.4. The third kappa shape index (κ3) is 3.34. The molecule has 1 heterocycles. The second-order valence-electron chi connectivity index (χ2n) is 5.50. The minimum absolute atomic E-state index is 0.0783. The fraction of sp³-hybridized carbons (Fsp3) is 0.375. The highest BCUT2D eigenvalue weighted by atomic mass is 32.1. The molecular formula is C16H17FN2O2S. The number of rotatable bonds is 3. The zero-order chi connectivity index (χ0) is 15.5. The van der Waals surface area contributed by atoms with Crippen LogP contribution in [0.5, 0.6) is 0 Å². The van der Waals surface area contributed by atoms with Gasteiger partial charge in [0.1, 0.15) is 16.5 Å². The molecule has 1 amide bonds. The minimum atomic E-state index is -0.343. The Morgan fingerprint density at radius 1 is 1.27 bits per heavy atom. The van der Waals surface area contributed by atoms with Gasteiger partial charge in [0.25, 0.3) is 5.91 Å². The maximum atomic E-state index is 13.7. The van der Waals surface area contributed by atoms with Gasteiger partial charge in [-0.15, -0.1) is 11.3 Å². The molecule has 116 valence electrons. The van der Waals surface area contributed by atoms with E-state index >= 15 is 0 Å². The van der Waals surface area contributed by atoms with Gasteiger partial charge in [-0.05, 0) is 37.8 Å². The highest BCUT2D eigenvalue weighted by Crippen LogP contribution is 2.26. The van der Waals surface area contributed by atoms with Crippen LogP contribution in [-0.4, -0.2) is 28.1 Å². The van der Waals surface area contributed by atoms with Gasteiger partial charge in [0.2, 0.25) is 0 Å². The number of benzene rings is 1. The molecule has 3 rings (SSSR count). The maximum absolute atomic E-state index is 13.7. The van der Waals surface area contributed by atoms with Crippen LogP contribution < -0.4 is 5.32 Å². The van der Waals surface area contributed by atoms with Gasteiger partial charge < -0.3 is 10.4 Å². The number of nitrogens with zero attached hydrogens (tertiary/aromatic N) is 1. The summed E-state index contributed by atoms with van der Waals surface area (Å²) in [7, 11) is 0. The number of hydrogen-bond acceptors (Lipinski definition) is 4. The van der Waals surface area contributed by atoms with Gasteiger partial charge in [-0.1, -0.05) is 12.1 Å². The Hall–Kier alpha value is -1.79. The van der Waals surface area contributed by atoms with Crippen LogP contribution in [0.3, 0.4) is 0 Å². The van der Waals surface area contributed by atoms with Gasteiger partial charge in [-0.3, -0.25) is 4.79 Å². The number of thiazole rings is 1. The van der Waals surface area contributed by atoms with Crippen molar-refractivity contribution in [3.8, 4) is 10.6 Å². The molecule has 2 N–H and O–H groups in total. The van der Waals surface area contributed by atoms with E-state index in [9.17, 15) is 14.3 Å². The fourth-order valence-electron chi connectivity index (χ4n) is 2.62. The molecular weight excluding hydrogens is 303 g/mol. The minimum Gasteiger partial charge on any atom is -0.393 e. The van der Waals surface area contributed by atoms with E-state index in [0.717, 1.165) is 12.8 Å². The van der Waals surface area contributed by atoms with E-state index in [-0.39, 0.29) is 23.9 Å². The number of amides is 1. The summed E-state index contributed by atoms with van der Waals surface area (Å²) >= 11 is 1.26. The van der Waals surface area contributed by atoms with Crippen LogP contribution in [0.1, 0.15) is 36.2 Å². The fourth-order valence-corrected chi connectivity index (χ4v) is 3.44. The molecule has 2 aromatic rings. The Morgan fingerprint density at radius 2 is 2.00 bits per heavy atom. The smallest absolute Gasteiger partial charge is 0.270 e. The lowest BCUT2D eigenvalue weighted by molar-refractivity contribution is 0.0864. The van der Waals surface area contributed by atoms with E-state index in [1.54, 1.807) is 23.6 Å². The first-order chi connectivity index (χ1) is 10.6. The number of aromatic nitrogens is 1. The number of nitrogens with one attached hydrogen (secondary N) is 1. The van der Waals surface area contributed by atoms with Gasteiger partial charge in [0.05, 0.1) is 6.10 Å². The number of carbonyl (C=O) groups excluding carboxylic acids is 1. The van der Waals surface area contributed by atoms with Crippen molar-refractivity contribution in [2.45, 2.75) is 37.8 Å². The van der Waals surface area contributed by atoms with E-state index in [1.807, 2.05) is 0 Å². The molecule has 0 unspecified atom stereocenters. The molecule has 1 aliphatic rings. The Labute approximate surface area is 132 Å². The van der Waals surface area contributed by atoms with E-state index in [4.69, 9.17) is 0 Å². The summed E-state index contributed by atoms with van der Waals surface area (Å²) in [5, 5.41) is 14.6. The molecule has 1 fully saturated rings. The standard InChI is InChI=1S/C16H17FN2O2S/c17-13-4-2-1-3-12(13)16-19-14(9-22-16)15(21)18-10-5-7-11(20)8-6-10/h1-4,9-11,20H,5-8H2,(H,18,21). The first-order valence-corrected chi connectivity index (χ1v) is 8.21. The molecule has 0 spiro atoms. The SMILES string of the molecule is O=C(NC1CCC(O)CC1)c1csc(-c2ccccc2F)n1. The summed E-state index contributed by atoms with van der Waals surface area (Å²) in [6.07, 6.45) is 2.72. The van der Waals surface area contributed by atoms with Crippen molar-refractivity contribution >= 4 is 17.2 Å². The van der Waals surface area contributed by atoms with Crippen molar-refractivity contribution in [2.24, 2.45) is 0 Å². The van der Waals surface area contributed by atoms with Crippen LogP contribution in [0, 0.1) is 5.82 Å². The normalized spacial score (nSPS) is 21.5. The summed E-state index contributed by atoms with van der Waals surface area (Å²) in [5.74, 6) is -0.578. The topological polar surface area (TPSA) is 62.2 Å². The predicted molar refractivity (Wildman–Crippen MR) is 83.2 cm³/mol. The lowest BCUT2D eigenvalue weighted by Gasteiger charge is -2.25. The lowest BCUT2D eigenvalue weighted by atomic mass is 9.93. The average Bonchev–Trinajstić information content (AvgIpc) is 3.00. The van der Waals surface area contributed by atoms with Crippen molar-refractivity contribution in [1.29, 1.82) is 0 Å². The van der Waals surface area contributed by atoms with Crippen molar-refractivity contribution in [1.82, 2.24) is 10.3 Å². The zero-order valence-electron chi connectivity index (χ0n) is 12.0.